The standard InChI is InChI=1S/C56H39N/c1-3-12-40(13-4-1)49-37-50(41-14-5-2-6-15-41)39-51(38-49)44-26-32-53(33-27-44)57(52-30-24-43(25-31-52)48-23-22-42-16-7-8-18-47(42)36-48)54-34-28-46(29-35-54)56-21-11-19-45-17-9-10-20-55(45)56/h1-39H. The first-order valence-corrected chi connectivity index (χ1v) is 19.6. The van der Waals surface area contributed by atoms with Crippen molar-refractivity contribution in [1.82, 2.24) is 0 Å². The molecule has 0 saturated carbocycles. The van der Waals surface area contributed by atoms with E-state index in [2.05, 4.69) is 241 Å². The SMILES string of the molecule is c1ccc(-c2cc(-c3ccccc3)cc(-c3ccc(N(c4ccc(-c5ccc6ccccc6c5)cc4)c4ccc(-c5cccc6ccccc56)cc4)cc3)c2)cc1. The molecule has 10 aromatic carbocycles. The Kier molecular flexibility index (Phi) is 8.95. The van der Waals surface area contributed by atoms with Crippen molar-refractivity contribution < 1.29 is 0 Å². The fourth-order valence-electron chi connectivity index (χ4n) is 8.08. The van der Waals surface area contributed by atoms with Crippen LogP contribution in [0.1, 0.15) is 0 Å². The summed E-state index contributed by atoms with van der Waals surface area (Å²) in [6, 6.07) is 85.6. The number of nitrogens with zero attached hydrogens (tertiary/aromatic N) is 1. The predicted molar refractivity (Wildman–Crippen MR) is 243 cm³/mol. The second-order valence-corrected chi connectivity index (χ2v) is 14.6. The number of anilines is 3. The third-order valence-corrected chi connectivity index (χ3v) is 11.0. The summed E-state index contributed by atoms with van der Waals surface area (Å²) in [6.45, 7) is 0. The van der Waals surface area contributed by atoms with Gasteiger partial charge in [0.05, 0.1) is 0 Å². The Labute approximate surface area is 334 Å². The monoisotopic (exact) mass is 725 g/mol. The van der Waals surface area contributed by atoms with Gasteiger partial charge in [0.25, 0.3) is 0 Å². The fourth-order valence-corrected chi connectivity index (χ4v) is 8.08. The van der Waals surface area contributed by atoms with Crippen LogP contribution in [-0.2, 0) is 0 Å². The number of hydrogen-bond donors (Lipinski definition) is 0. The van der Waals surface area contributed by atoms with Crippen LogP contribution in [0.15, 0.2) is 237 Å². The van der Waals surface area contributed by atoms with E-state index >= 15 is 0 Å². The van der Waals surface area contributed by atoms with Crippen LogP contribution in [0, 0.1) is 0 Å². The second-order valence-electron chi connectivity index (χ2n) is 14.6. The van der Waals surface area contributed by atoms with Gasteiger partial charge in [-0.25, -0.2) is 0 Å². The molecule has 0 aliphatic carbocycles. The van der Waals surface area contributed by atoms with Crippen molar-refractivity contribution in [3.05, 3.63) is 237 Å². The Morgan fingerprint density at radius 3 is 1.18 bits per heavy atom. The van der Waals surface area contributed by atoms with E-state index in [1.54, 1.807) is 0 Å². The Hall–Kier alpha value is -7.48. The minimum atomic E-state index is 1.10. The minimum absolute atomic E-state index is 1.10. The number of fused-ring (bicyclic) bond motifs is 2. The van der Waals surface area contributed by atoms with Crippen LogP contribution < -0.4 is 4.90 Å². The van der Waals surface area contributed by atoms with E-state index in [4.69, 9.17) is 0 Å². The largest absolute Gasteiger partial charge is 0.311 e. The molecule has 0 radical (unpaired) electrons. The molecule has 0 fully saturated rings. The van der Waals surface area contributed by atoms with E-state index in [9.17, 15) is 0 Å². The molecule has 0 spiro atoms. The van der Waals surface area contributed by atoms with Crippen LogP contribution in [0.4, 0.5) is 17.1 Å². The summed E-state index contributed by atoms with van der Waals surface area (Å²) >= 11 is 0. The van der Waals surface area contributed by atoms with Crippen LogP contribution in [-0.4, -0.2) is 0 Å². The maximum atomic E-state index is 2.36. The van der Waals surface area contributed by atoms with Gasteiger partial charge in [-0.15, -0.1) is 0 Å². The van der Waals surface area contributed by atoms with E-state index in [0.717, 1.165) is 17.1 Å². The van der Waals surface area contributed by atoms with Gasteiger partial charge in [-0.3, -0.25) is 0 Å². The van der Waals surface area contributed by atoms with Crippen LogP contribution >= 0.6 is 0 Å². The highest BCUT2D eigenvalue weighted by Gasteiger charge is 2.15. The maximum absolute atomic E-state index is 2.36. The normalized spacial score (nSPS) is 11.2. The molecule has 0 atom stereocenters. The third-order valence-electron chi connectivity index (χ3n) is 11.0. The zero-order chi connectivity index (χ0) is 38.0. The molecule has 57 heavy (non-hydrogen) atoms. The van der Waals surface area contributed by atoms with Crippen molar-refractivity contribution in [2.24, 2.45) is 0 Å². The smallest absolute Gasteiger partial charge is 0.0462 e. The van der Waals surface area contributed by atoms with Gasteiger partial charge < -0.3 is 4.90 Å². The molecule has 10 aromatic rings. The summed E-state index contributed by atoms with van der Waals surface area (Å²) in [4.78, 5) is 2.36. The predicted octanol–water partition coefficient (Wildman–Crippen LogP) is 15.8. The highest BCUT2D eigenvalue weighted by Crippen LogP contribution is 2.40. The lowest BCUT2D eigenvalue weighted by molar-refractivity contribution is 1.28. The van der Waals surface area contributed by atoms with Crippen molar-refractivity contribution in [2.45, 2.75) is 0 Å². The maximum Gasteiger partial charge on any atom is 0.0462 e. The number of benzene rings is 10. The van der Waals surface area contributed by atoms with Gasteiger partial charge in [-0.1, -0.05) is 176 Å². The molecular formula is C56H39N. The highest BCUT2D eigenvalue weighted by molar-refractivity contribution is 5.97. The van der Waals surface area contributed by atoms with Gasteiger partial charge in [-0.05, 0) is 138 Å². The molecule has 0 amide bonds. The van der Waals surface area contributed by atoms with Crippen LogP contribution in [0.3, 0.4) is 0 Å². The lowest BCUT2D eigenvalue weighted by atomic mass is 9.93. The lowest BCUT2D eigenvalue weighted by Crippen LogP contribution is -2.09. The van der Waals surface area contributed by atoms with E-state index in [0.29, 0.717) is 0 Å². The first-order chi connectivity index (χ1) is 28.2. The van der Waals surface area contributed by atoms with Crippen molar-refractivity contribution in [3.63, 3.8) is 0 Å². The average Bonchev–Trinajstić information content (AvgIpc) is 3.30. The summed E-state index contributed by atoms with van der Waals surface area (Å²) in [5, 5.41) is 5.01. The molecule has 268 valence electrons. The summed E-state index contributed by atoms with van der Waals surface area (Å²) < 4.78 is 0. The molecule has 1 heteroatoms. The van der Waals surface area contributed by atoms with Crippen LogP contribution in [0.2, 0.25) is 0 Å². The summed E-state index contributed by atoms with van der Waals surface area (Å²) in [6.07, 6.45) is 0. The summed E-state index contributed by atoms with van der Waals surface area (Å²) in [7, 11) is 0. The number of hydrogen-bond acceptors (Lipinski definition) is 1. The molecule has 0 aromatic heterocycles. The van der Waals surface area contributed by atoms with Gasteiger partial charge in [0, 0.05) is 17.1 Å². The van der Waals surface area contributed by atoms with Gasteiger partial charge in [-0.2, -0.15) is 0 Å². The molecule has 1 nitrogen and oxygen atoms in total. The quantitative estimate of drug-likeness (QED) is 0.151. The lowest BCUT2D eigenvalue weighted by Gasteiger charge is -2.26. The molecule has 0 aliphatic heterocycles. The Bertz CT molecular complexity index is 2900. The molecule has 0 saturated heterocycles. The Morgan fingerprint density at radius 1 is 0.211 bits per heavy atom. The molecule has 0 N–H and O–H groups in total. The van der Waals surface area contributed by atoms with Gasteiger partial charge in [0.1, 0.15) is 0 Å². The van der Waals surface area contributed by atoms with Gasteiger partial charge >= 0.3 is 0 Å². The molecule has 0 bridgehead atoms. The third kappa shape index (κ3) is 6.88. The van der Waals surface area contributed by atoms with Crippen LogP contribution in [0.25, 0.3) is 77.2 Å². The van der Waals surface area contributed by atoms with Crippen molar-refractivity contribution >= 4 is 38.6 Å². The zero-order valence-electron chi connectivity index (χ0n) is 31.5. The van der Waals surface area contributed by atoms with E-state index in [1.807, 2.05) is 0 Å². The van der Waals surface area contributed by atoms with Crippen molar-refractivity contribution in [1.29, 1.82) is 0 Å². The average molecular weight is 726 g/mol. The second kappa shape index (κ2) is 15.0. The van der Waals surface area contributed by atoms with Gasteiger partial charge in [0.2, 0.25) is 0 Å². The number of rotatable bonds is 8. The Balaban J connectivity index is 1.04. The first kappa shape index (κ1) is 34.0. The Morgan fingerprint density at radius 2 is 0.614 bits per heavy atom. The molecule has 0 heterocycles. The van der Waals surface area contributed by atoms with Gasteiger partial charge in [0.15, 0.2) is 0 Å². The van der Waals surface area contributed by atoms with E-state index in [1.165, 1.54) is 77.2 Å². The topological polar surface area (TPSA) is 3.24 Å². The minimum Gasteiger partial charge on any atom is -0.311 e. The molecule has 10 rings (SSSR count). The highest BCUT2D eigenvalue weighted by atomic mass is 15.1. The van der Waals surface area contributed by atoms with E-state index < -0.39 is 0 Å². The van der Waals surface area contributed by atoms with Crippen molar-refractivity contribution in [2.75, 3.05) is 4.90 Å². The molecule has 0 unspecified atom stereocenters. The zero-order valence-corrected chi connectivity index (χ0v) is 31.5. The van der Waals surface area contributed by atoms with Crippen molar-refractivity contribution in [3.8, 4) is 55.6 Å². The van der Waals surface area contributed by atoms with Crippen LogP contribution in [0.5, 0.6) is 0 Å². The summed E-state index contributed by atoms with van der Waals surface area (Å²) in [5.41, 5.74) is 15.3. The fraction of sp³-hybridized carbons (Fsp3) is 0. The summed E-state index contributed by atoms with van der Waals surface area (Å²) in [5.74, 6) is 0. The molecular weight excluding hydrogens is 687 g/mol. The van der Waals surface area contributed by atoms with E-state index in [-0.39, 0.29) is 0 Å². The first-order valence-electron chi connectivity index (χ1n) is 19.6. The molecule has 0 aliphatic rings.